The van der Waals surface area contributed by atoms with Crippen molar-refractivity contribution in [3.05, 3.63) is 40.3 Å². The van der Waals surface area contributed by atoms with Crippen molar-refractivity contribution in [1.82, 2.24) is 9.88 Å². The molecular weight excluding hydrogens is 332 g/mol. The zero-order chi connectivity index (χ0) is 17.6. The van der Waals surface area contributed by atoms with E-state index in [1.54, 1.807) is 11.3 Å². The maximum Gasteiger partial charge on any atom is 0.230 e. The summed E-state index contributed by atoms with van der Waals surface area (Å²) in [5.74, 6) is -0.0209. The summed E-state index contributed by atoms with van der Waals surface area (Å²) >= 11 is 1.66. The fourth-order valence-electron chi connectivity index (χ4n) is 3.02. The van der Waals surface area contributed by atoms with Gasteiger partial charge in [0.15, 0.2) is 0 Å². The number of piperidine rings is 1. The molecule has 1 saturated heterocycles. The van der Waals surface area contributed by atoms with Crippen LogP contribution >= 0.6 is 11.3 Å². The minimum atomic E-state index is -0.0209. The summed E-state index contributed by atoms with van der Waals surface area (Å²) in [4.78, 5) is 21.4. The van der Waals surface area contributed by atoms with Gasteiger partial charge in [-0.25, -0.2) is 4.98 Å². The number of thiazole rings is 1. The normalized spacial score (nSPS) is 15.1. The number of hydrogen-bond donors (Lipinski definition) is 1. The van der Waals surface area contributed by atoms with E-state index in [1.807, 2.05) is 48.6 Å². The van der Waals surface area contributed by atoms with Gasteiger partial charge in [-0.3, -0.25) is 9.69 Å². The van der Waals surface area contributed by atoms with E-state index in [0.717, 1.165) is 28.6 Å². The molecule has 5 nitrogen and oxygen atoms in total. The molecule has 0 unspecified atom stereocenters. The van der Waals surface area contributed by atoms with Crippen LogP contribution in [0.5, 0.6) is 0 Å². The van der Waals surface area contributed by atoms with E-state index in [1.165, 1.54) is 32.4 Å². The predicted molar refractivity (Wildman–Crippen MR) is 104 cm³/mol. The SMILES string of the molecule is CN(C)c1ccc(NC(=O)Cc2csc(CN3CCCCC3)n2)cc1. The maximum absolute atomic E-state index is 12.2. The first-order chi connectivity index (χ1) is 12.1. The highest BCUT2D eigenvalue weighted by molar-refractivity contribution is 7.09. The third-order valence-electron chi connectivity index (χ3n) is 4.42. The van der Waals surface area contributed by atoms with Crippen molar-refractivity contribution in [1.29, 1.82) is 0 Å². The van der Waals surface area contributed by atoms with Gasteiger partial charge in [0.2, 0.25) is 5.91 Å². The molecule has 134 valence electrons. The fourth-order valence-corrected chi connectivity index (χ4v) is 3.86. The Morgan fingerprint density at radius 1 is 1.20 bits per heavy atom. The lowest BCUT2D eigenvalue weighted by atomic mass is 10.1. The molecule has 6 heteroatoms. The fraction of sp³-hybridized carbons (Fsp3) is 0.474. The number of likely N-dealkylation sites (tertiary alicyclic amines) is 1. The van der Waals surface area contributed by atoms with Gasteiger partial charge in [0, 0.05) is 30.9 Å². The van der Waals surface area contributed by atoms with Gasteiger partial charge in [-0.05, 0) is 50.2 Å². The average molecular weight is 359 g/mol. The molecule has 1 fully saturated rings. The van der Waals surface area contributed by atoms with Crippen LogP contribution in [-0.2, 0) is 17.8 Å². The van der Waals surface area contributed by atoms with Gasteiger partial charge < -0.3 is 10.2 Å². The number of benzene rings is 1. The Bertz CT molecular complexity index is 690. The van der Waals surface area contributed by atoms with Gasteiger partial charge in [-0.2, -0.15) is 0 Å². The largest absolute Gasteiger partial charge is 0.378 e. The average Bonchev–Trinajstić information content (AvgIpc) is 3.03. The van der Waals surface area contributed by atoms with Crippen molar-refractivity contribution >= 4 is 28.6 Å². The van der Waals surface area contributed by atoms with Gasteiger partial charge in [0.1, 0.15) is 5.01 Å². The van der Waals surface area contributed by atoms with E-state index in [0.29, 0.717) is 6.42 Å². The van der Waals surface area contributed by atoms with E-state index in [9.17, 15) is 4.79 Å². The van der Waals surface area contributed by atoms with Crippen LogP contribution in [0.4, 0.5) is 11.4 Å². The number of nitrogens with one attached hydrogen (secondary N) is 1. The predicted octanol–water partition coefficient (Wildman–Crippen LogP) is 3.38. The molecule has 0 spiro atoms. The zero-order valence-corrected chi connectivity index (χ0v) is 15.8. The van der Waals surface area contributed by atoms with Crippen molar-refractivity contribution < 1.29 is 4.79 Å². The van der Waals surface area contributed by atoms with Crippen molar-refractivity contribution in [2.75, 3.05) is 37.4 Å². The topological polar surface area (TPSA) is 48.5 Å². The monoisotopic (exact) mass is 358 g/mol. The molecule has 0 radical (unpaired) electrons. The summed E-state index contributed by atoms with van der Waals surface area (Å²) < 4.78 is 0. The number of aromatic nitrogens is 1. The molecule has 3 rings (SSSR count). The molecule has 1 aliphatic heterocycles. The van der Waals surface area contributed by atoms with Crippen molar-refractivity contribution in [2.45, 2.75) is 32.2 Å². The third kappa shape index (κ3) is 5.28. The molecule has 2 aromatic rings. The summed E-state index contributed by atoms with van der Waals surface area (Å²) in [6.07, 6.45) is 4.24. The number of carbonyl (C=O) groups is 1. The van der Waals surface area contributed by atoms with Gasteiger partial charge >= 0.3 is 0 Å². The lowest BCUT2D eigenvalue weighted by Gasteiger charge is -2.25. The summed E-state index contributed by atoms with van der Waals surface area (Å²) in [6.45, 7) is 3.25. The van der Waals surface area contributed by atoms with E-state index in [4.69, 9.17) is 0 Å². The number of anilines is 2. The Hall–Kier alpha value is -1.92. The highest BCUT2D eigenvalue weighted by Gasteiger charge is 2.13. The van der Waals surface area contributed by atoms with Crippen molar-refractivity contribution in [3.8, 4) is 0 Å². The summed E-state index contributed by atoms with van der Waals surface area (Å²) in [6, 6.07) is 7.84. The second-order valence-corrected chi connectivity index (χ2v) is 7.68. The number of rotatable bonds is 6. The number of carbonyl (C=O) groups excluding carboxylic acids is 1. The van der Waals surface area contributed by atoms with Crippen LogP contribution in [0.25, 0.3) is 0 Å². The molecular formula is C19H26N4OS. The molecule has 1 aliphatic rings. The summed E-state index contributed by atoms with van der Waals surface area (Å²) in [7, 11) is 3.99. The zero-order valence-electron chi connectivity index (χ0n) is 15.0. The Labute approximate surface area is 153 Å². The molecule has 1 aromatic carbocycles. The van der Waals surface area contributed by atoms with Crippen LogP contribution in [0.15, 0.2) is 29.6 Å². The van der Waals surface area contributed by atoms with Crippen molar-refractivity contribution in [3.63, 3.8) is 0 Å². The lowest BCUT2D eigenvalue weighted by Crippen LogP contribution is -2.29. The smallest absolute Gasteiger partial charge is 0.230 e. The molecule has 1 amide bonds. The van der Waals surface area contributed by atoms with Crippen LogP contribution in [0.2, 0.25) is 0 Å². The highest BCUT2D eigenvalue weighted by Crippen LogP contribution is 2.18. The molecule has 0 aliphatic carbocycles. The molecule has 25 heavy (non-hydrogen) atoms. The van der Waals surface area contributed by atoms with Crippen LogP contribution < -0.4 is 10.2 Å². The Morgan fingerprint density at radius 3 is 2.60 bits per heavy atom. The number of hydrogen-bond acceptors (Lipinski definition) is 5. The standard InChI is InChI=1S/C19H26N4OS/c1-22(2)17-8-6-15(7-9-17)20-18(24)12-16-14-25-19(21-16)13-23-10-4-3-5-11-23/h6-9,14H,3-5,10-13H2,1-2H3,(H,20,24). The second kappa shape index (κ2) is 8.45. The number of nitrogens with zero attached hydrogens (tertiary/aromatic N) is 3. The van der Waals surface area contributed by atoms with Gasteiger partial charge in [-0.1, -0.05) is 6.42 Å². The van der Waals surface area contributed by atoms with E-state index in [-0.39, 0.29) is 5.91 Å². The Balaban J connectivity index is 1.50. The van der Waals surface area contributed by atoms with Crippen LogP contribution in [-0.4, -0.2) is 43.0 Å². The first-order valence-corrected chi connectivity index (χ1v) is 9.71. The van der Waals surface area contributed by atoms with Crippen LogP contribution in [0, 0.1) is 0 Å². The summed E-state index contributed by atoms with van der Waals surface area (Å²) in [5.41, 5.74) is 2.79. The first-order valence-electron chi connectivity index (χ1n) is 8.83. The second-order valence-electron chi connectivity index (χ2n) is 6.74. The third-order valence-corrected chi connectivity index (χ3v) is 5.30. The molecule has 2 heterocycles. The lowest BCUT2D eigenvalue weighted by molar-refractivity contribution is -0.115. The Morgan fingerprint density at radius 2 is 1.92 bits per heavy atom. The molecule has 1 N–H and O–H groups in total. The molecule has 0 atom stereocenters. The maximum atomic E-state index is 12.2. The van der Waals surface area contributed by atoms with E-state index >= 15 is 0 Å². The van der Waals surface area contributed by atoms with Crippen molar-refractivity contribution in [2.24, 2.45) is 0 Å². The summed E-state index contributed by atoms with van der Waals surface area (Å²) in [5, 5.41) is 6.06. The van der Waals surface area contributed by atoms with E-state index in [2.05, 4.69) is 15.2 Å². The minimum absolute atomic E-state index is 0.0209. The van der Waals surface area contributed by atoms with Gasteiger partial charge in [0.05, 0.1) is 18.7 Å². The minimum Gasteiger partial charge on any atom is -0.378 e. The van der Waals surface area contributed by atoms with Gasteiger partial charge in [-0.15, -0.1) is 11.3 Å². The Kier molecular flexibility index (Phi) is 6.04. The first kappa shape index (κ1) is 17.9. The molecule has 0 bridgehead atoms. The highest BCUT2D eigenvalue weighted by atomic mass is 32.1. The quantitative estimate of drug-likeness (QED) is 0.860. The van der Waals surface area contributed by atoms with Crippen LogP contribution in [0.1, 0.15) is 30.0 Å². The van der Waals surface area contributed by atoms with Crippen LogP contribution in [0.3, 0.4) is 0 Å². The van der Waals surface area contributed by atoms with E-state index < -0.39 is 0 Å². The number of amides is 1. The molecule has 1 aromatic heterocycles. The van der Waals surface area contributed by atoms with Gasteiger partial charge in [0.25, 0.3) is 0 Å². The molecule has 0 saturated carbocycles.